The fourth-order valence-electron chi connectivity index (χ4n) is 2.36. The molecule has 22 heavy (non-hydrogen) atoms. The minimum Gasteiger partial charge on any atom is -0.313 e. The molecule has 0 aliphatic heterocycles. The molecule has 2 atom stereocenters. The molecular formula is C17H22I2N2S. The van der Waals surface area contributed by atoms with Gasteiger partial charge in [-0.05, 0) is 69.3 Å². The van der Waals surface area contributed by atoms with Gasteiger partial charge in [0.2, 0.25) is 0 Å². The zero-order chi connectivity index (χ0) is 16.0. The highest BCUT2D eigenvalue weighted by atomic mass is 127. The van der Waals surface area contributed by atoms with Crippen molar-refractivity contribution in [3.05, 3.63) is 52.1 Å². The van der Waals surface area contributed by atoms with Gasteiger partial charge in [-0.15, -0.1) is 11.8 Å². The van der Waals surface area contributed by atoms with Crippen LogP contribution in [-0.4, -0.2) is 14.8 Å². The van der Waals surface area contributed by atoms with Crippen molar-refractivity contribution in [2.24, 2.45) is 0 Å². The maximum absolute atomic E-state index is 4.26. The van der Waals surface area contributed by atoms with Gasteiger partial charge in [0.1, 0.15) is 2.88 Å². The van der Waals surface area contributed by atoms with E-state index in [9.17, 15) is 0 Å². The van der Waals surface area contributed by atoms with Crippen LogP contribution < -0.4 is 0 Å². The van der Waals surface area contributed by atoms with Gasteiger partial charge in [0.05, 0.1) is 6.33 Å². The second kappa shape index (κ2) is 8.92. The Kier molecular flexibility index (Phi) is 7.53. The summed E-state index contributed by atoms with van der Waals surface area (Å²) < 4.78 is 3.51. The number of benzene rings is 1. The van der Waals surface area contributed by atoms with Crippen LogP contribution in [0.4, 0.5) is 0 Å². The molecular weight excluding hydrogens is 518 g/mol. The summed E-state index contributed by atoms with van der Waals surface area (Å²) in [5, 5.41) is 0.642. The lowest BCUT2D eigenvalue weighted by Crippen LogP contribution is -2.26. The number of hydrogen-bond acceptors (Lipinski definition) is 2. The standard InChI is InChI=1S/C17H22I2N2S/c1-3-4-5-14(2)22-17(19,21-11-10-20-13-21)12-15-6-8-16(18)9-7-15/h6-11,13-14H,3-5,12H2,1-2H3. The number of hydrogen-bond donors (Lipinski definition) is 0. The van der Waals surface area contributed by atoms with Crippen molar-refractivity contribution in [2.75, 3.05) is 0 Å². The monoisotopic (exact) mass is 540 g/mol. The fraction of sp³-hybridized carbons (Fsp3) is 0.471. The Morgan fingerprint density at radius 3 is 2.64 bits per heavy atom. The summed E-state index contributed by atoms with van der Waals surface area (Å²) in [6, 6.07) is 8.85. The Hall–Kier alpha value is 0.240. The molecule has 0 spiro atoms. The lowest BCUT2D eigenvalue weighted by molar-refractivity contribution is 0.633. The average molecular weight is 540 g/mol. The van der Waals surface area contributed by atoms with Gasteiger partial charge in [-0.25, -0.2) is 4.98 Å². The van der Waals surface area contributed by atoms with E-state index in [-0.39, 0.29) is 2.88 Å². The molecule has 2 rings (SSSR count). The van der Waals surface area contributed by atoms with Crippen LogP contribution in [0.25, 0.3) is 0 Å². The summed E-state index contributed by atoms with van der Waals surface area (Å²) in [6.07, 6.45) is 10.7. The molecule has 1 aromatic carbocycles. The Balaban J connectivity index is 2.16. The first kappa shape index (κ1) is 18.6. The predicted octanol–water partition coefficient (Wildman–Crippen LogP) is 6.09. The lowest BCUT2D eigenvalue weighted by Gasteiger charge is -2.31. The summed E-state index contributed by atoms with van der Waals surface area (Å²) in [4.78, 5) is 4.26. The first-order chi connectivity index (χ1) is 10.5. The number of imidazole rings is 1. The van der Waals surface area contributed by atoms with Crippen LogP contribution in [0, 0.1) is 3.57 Å². The molecule has 0 saturated carbocycles. The Bertz CT molecular complexity index is 557. The second-order valence-corrected chi connectivity index (χ2v) is 11.0. The molecule has 0 fully saturated rings. The third-order valence-corrected chi connectivity index (χ3v) is 7.35. The first-order valence-corrected chi connectivity index (χ1v) is 10.7. The molecule has 0 N–H and O–H groups in total. The van der Waals surface area contributed by atoms with Gasteiger partial charge < -0.3 is 4.57 Å². The number of aromatic nitrogens is 2. The van der Waals surface area contributed by atoms with Gasteiger partial charge in [0.15, 0.2) is 0 Å². The molecule has 1 heterocycles. The summed E-state index contributed by atoms with van der Waals surface area (Å²) >= 11 is 7.01. The van der Waals surface area contributed by atoms with Crippen molar-refractivity contribution in [2.45, 2.75) is 47.7 Å². The van der Waals surface area contributed by atoms with Crippen molar-refractivity contribution in [1.82, 2.24) is 9.55 Å². The Morgan fingerprint density at radius 2 is 2.05 bits per heavy atom. The van der Waals surface area contributed by atoms with Crippen molar-refractivity contribution < 1.29 is 0 Å². The molecule has 2 unspecified atom stereocenters. The zero-order valence-electron chi connectivity index (χ0n) is 13.0. The summed E-state index contributed by atoms with van der Waals surface area (Å²) in [6.45, 7) is 4.61. The molecule has 0 amide bonds. The molecule has 120 valence electrons. The highest BCUT2D eigenvalue weighted by Gasteiger charge is 2.31. The van der Waals surface area contributed by atoms with Crippen molar-refractivity contribution in [3.8, 4) is 0 Å². The average Bonchev–Trinajstić information content (AvgIpc) is 3.02. The molecule has 2 nitrogen and oxygen atoms in total. The van der Waals surface area contributed by atoms with Crippen LogP contribution in [0.15, 0.2) is 43.0 Å². The minimum absolute atomic E-state index is 0.0196. The van der Waals surface area contributed by atoms with Crippen LogP contribution in [0.5, 0.6) is 0 Å². The zero-order valence-corrected chi connectivity index (χ0v) is 18.1. The number of alkyl halides is 1. The van der Waals surface area contributed by atoms with Crippen LogP contribution in [0.3, 0.4) is 0 Å². The van der Waals surface area contributed by atoms with E-state index in [0.29, 0.717) is 5.25 Å². The number of thioether (sulfide) groups is 1. The van der Waals surface area contributed by atoms with Gasteiger partial charge in [0.25, 0.3) is 0 Å². The quantitative estimate of drug-likeness (QED) is 0.298. The fourth-order valence-corrected chi connectivity index (χ4v) is 6.13. The van der Waals surface area contributed by atoms with Crippen LogP contribution in [-0.2, 0) is 9.30 Å². The summed E-state index contributed by atoms with van der Waals surface area (Å²) in [5.41, 5.74) is 1.37. The van der Waals surface area contributed by atoms with Crippen LogP contribution in [0.1, 0.15) is 38.7 Å². The van der Waals surface area contributed by atoms with E-state index in [1.807, 2.05) is 12.5 Å². The topological polar surface area (TPSA) is 17.8 Å². The van der Waals surface area contributed by atoms with Crippen LogP contribution >= 0.6 is 56.9 Å². The van der Waals surface area contributed by atoms with E-state index >= 15 is 0 Å². The molecule has 1 aromatic heterocycles. The van der Waals surface area contributed by atoms with E-state index < -0.39 is 0 Å². The highest BCUT2D eigenvalue weighted by Crippen LogP contribution is 2.44. The molecule has 0 saturated heterocycles. The number of unbranched alkanes of at least 4 members (excludes halogenated alkanes) is 1. The van der Waals surface area contributed by atoms with Crippen molar-refractivity contribution in [3.63, 3.8) is 0 Å². The lowest BCUT2D eigenvalue weighted by atomic mass is 10.1. The maximum atomic E-state index is 4.26. The van der Waals surface area contributed by atoms with E-state index in [2.05, 4.69) is 111 Å². The van der Waals surface area contributed by atoms with E-state index in [1.165, 1.54) is 28.4 Å². The minimum atomic E-state index is -0.0196. The van der Waals surface area contributed by atoms with Gasteiger partial charge >= 0.3 is 0 Å². The third-order valence-electron chi connectivity index (χ3n) is 3.57. The summed E-state index contributed by atoms with van der Waals surface area (Å²) in [7, 11) is 0. The Morgan fingerprint density at radius 1 is 1.32 bits per heavy atom. The SMILES string of the molecule is CCCCC(C)SC(I)(Cc1ccc(I)cc1)n1ccnc1. The first-order valence-electron chi connectivity index (χ1n) is 7.63. The van der Waals surface area contributed by atoms with Gasteiger partial charge in [-0.2, -0.15) is 0 Å². The normalized spacial score (nSPS) is 15.5. The Labute approximate surface area is 165 Å². The van der Waals surface area contributed by atoms with E-state index in [0.717, 1.165) is 6.42 Å². The third kappa shape index (κ3) is 5.40. The van der Waals surface area contributed by atoms with Gasteiger partial charge in [-0.3, -0.25) is 0 Å². The number of nitrogens with zero attached hydrogens (tertiary/aromatic N) is 2. The van der Waals surface area contributed by atoms with Crippen molar-refractivity contribution >= 4 is 56.9 Å². The van der Waals surface area contributed by atoms with Gasteiger partial charge in [-0.1, -0.05) is 38.8 Å². The molecule has 0 bridgehead atoms. The van der Waals surface area contributed by atoms with Gasteiger partial charge in [0, 0.05) is 27.6 Å². The summed E-state index contributed by atoms with van der Waals surface area (Å²) in [5.74, 6) is 0. The number of rotatable bonds is 8. The maximum Gasteiger partial charge on any atom is 0.147 e. The molecule has 5 heteroatoms. The second-order valence-electron chi connectivity index (χ2n) is 5.53. The highest BCUT2D eigenvalue weighted by molar-refractivity contribution is 14.1. The smallest absolute Gasteiger partial charge is 0.147 e. The van der Waals surface area contributed by atoms with Crippen molar-refractivity contribution in [1.29, 1.82) is 0 Å². The molecule has 0 aliphatic carbocycles. The number of halogens is 2. The van der Waals surface area contributed by atoms with Crippen LogP contribution in [0.2, 0.25) is 0 Å². The molecule has 0 radical (unpaired) electrons. The molecule has 2 aromatic rings. The molecule has 0 aliphatic rings. The largest absolute Gasteiger partial charge is 0.313 e. The predicted molar refractivity (Wildman–Crippen MR) is 114 cm³/mol. The van der Waals surface area contributed by atoms with E-state index in [1.54, 1.807) is 0 Å². The van der Waals surface area contributed by atoms with E-state index in [4.69, 9.17) is 0 Å².